The molecule has 1 fully saturated rings. The molecule has 2 amide bonds. The molecule has 2 aromatic carbocycles. The standard InChI is InChI=1S/C25H24BrN3O3S/c1-32-22-10-5-19(26)17-18(22)4-11-24(30)27-20-6-8-21(9-7-20)28-12-14-29(15-13-28)25(31)23-3-2-16-33-23/h2-11,16-17H,12-15H2,1H3,(H,27,30). The smallest absolute Gasteiger partial charge is 0.264 e. The van der Waals surface area contributed by atoms with Crippen LogP contribution in [0.25, 0.3) is 6.08 Å². The van der Waals surface area contributed by atoms with Crippen molar-refractivity contribution in [3.63, 3.8) is 0 Å². The second-order valence-corrected chi connectivity index (χ2v) is 9.38. The van der Waals surface area contributed by atoms with Crippen LogP contribution in [0, 0.1) is 0 Å². The third-order valence-electron chi connectivity index (χ3n) is 5.40. The number of hydrogen-bond donors (Lipinski definition) is 1. The van der Waals surface area contributed by atoms with Gasteiger partial charge in [0.15, 0.2) is 0 Å². The van der Waals surface area contributed by atoms with Gasteiger partial charge in [0.25, 0.3) is 5.91 Å². The van der Waals surface area contributed by atoms with Gasteiger partial charge < -0.3 is 19.9 Å². The van der Waals surface area contributed by atoms with E-state index in [1.54, 1.807) is 13.2 Å². The van der Waals surface area contributed by atoms with Gasteiger partial charge in [-0.05, 0) is 60.0 Å². The second-order valence-electron chi connectivity index (χ2n) is 7.51. The number of halogens is 1. The minimum absolute atomic E-state index is 0.108. The molecule has 6 nitrogen and oxygen atoms in total. The van der Waals surface area contributed by atoms with Crippen molar-refractivity contribution in [1.82, 2.24) is 4.90 Å². The largest absolute Gasteiger partial charge is 0.496 e. The van der Waals surface area contributed by atoms with E-state index in [2.05, 4.69) is 26.1 Å². The summed E-state index contributed by atoms with van der Waals surface area (Å²) in [6, 6.07) is 17.2. The Bertz CT molecular complexity index is 1140. The monoisotopic (exact) mass is 525 g/mol. The quantitative estimate of drug-likeness (QED) is 0.453. The molecule has 170 valence electrons. The average molecular weight is 526 g/mol. The molecule has 1 aliphatic rings. The number of piperazine rings is 1. The topological polar surface area (TPSA) is 61.9 Å². The Hall–Kier alpha value is -3.10. The molecular formula is C25H24BrN3O3S. The number of amides is 2. The van der Waals surface area contributed by atoms with Crippen molar-refractivity contribution >= 4 is 56.5 Å². The minimum Gasteiger partial charge on any atom is -0.496 e. The third kappa shape index (κ3) is 5.83. The third-order valence-corrected chi connectivity index (χ3v) is 6.76. The number of anilines is 2. The zero-order valence-corrected chi connectivity index (χ0v) is 20.6. The molecule has 1 aliphatic heterocycles. The van der Waals surface area contributed by atoms with Crippen LogP contribution < -0.4 is 15.0 Å². The van der Waals surface area contributed by atoms with Crippen LogP contribution in [-0.4, -0.2) is 50.0 Å². The normalized spacial score (nSPS) is 13.9. The molecule has 2 heterocycles. The molecule has 0 saturated carbocycles. The van der Waals surface area contributed by atoms with E-state index >= 15 is 0 Å². The van der Waals surface area contributed by atoms with Gasteiger partial charge in [-0.15, -0.1) is 11.3 Å². The second kappa shape index (κ2) is 10.7. The van der Waals surface area contributed by atoms with Crippen LogP contribution in [-0.2, 0) is 4.79 Å². The van der Waals surface area contributed by atoms with E-state index in [0.29, 0.717) is 18.8 Å². The first-order chi connectivity index (χ1) is 16.0. The lowest BCUT2D eigenvalue weighted by molar-refractivity contribution is -0.111. The average Bonchev–Trinajstić information content (AvgIpc) is 3.38. The molecule has 3 aromatic rings. The van der Waals surface area contributed by atoms with Crippen LogP contribution in [0.15, 0.2) is 70.5 Å². The van der Waals surface area contributed by atoms with Gasteiger partial charge in [0.2, 0.25) is 5.91 Å². The molecule has 8 heteroatoms. The summed E-state index contributed by atoms with van der Waals surface area (Å²) in [5, 5.41) is 4.81. The lowest BCUT2D eigenvalue weighted by Crippen LogP contribution is -2.48. The molecule has 0 radical (unpaired) electrons. The Morgan fingerprint density at radius 1 is 1.06 bits per heavy atom. The van der Waals surface area contributed by atoms with Crippen LogP contribution in [0.3, 0.4) is 0 Å². The molecule has 0 spiro atoms. The molecule has 0 unspecified atom stereocenters. The maximum absolute atomic E-state index is 12.5. The Labute approximate surface area is 205 Å². The van der Waals surface area contributed by atoms with E-state index in [1.807, 2.05) is 64.9 Å². The van der Waals surface area contributed by atoms with Crippen molar-refractivity contribution in [1.29, 1.82) is 0 Å². The van der Waals surface area contributed by atoms with Crippen molar-refractivity contribution in [3.8, 4) is 5.75 Å². The predicted octanol–water partition coefficient (Wildman–Crippen LogP) is 5.13. The predicted molar refractivity (Wildman–Crippen MR) is 137 cm³/mol. The number of benzene rings is 2. The summed E-state index contributed by atoms with van der Waals surface area (Å²) in [6.07, 6.45) is 3.21. The fourth-order valence-corrected chi connectivity index (χ4v) is 4.73. The van der Waals surface area contributed by atoms with E-state index in [4.69, 9.17) is 4.74 Å². The van der Waals surface area contributed by atoms with Gasteiger partial charge in [0.05, 0.1) is 12.0 Å². The highest BCUT2D eigenvalue weighted by atomic mass is 79.9. The van der Waals surface area contributed by atoms with Crippen LogP contribution in [0.4, 0.5) is 11.4 Å². The van der Waals surface area contributed by atoms with E-state index < -0.39 is 0 Å². The number of carbonyl (C=O) groups is 2. The first-order valence-corrected chi connectivity index (χ1v) is 12.2. The number of carbonyl (C=O) groups excluding carboxylic acids is 2. The number of thiophene rings is 1. The Kier molecular flexibility index (Phi) is 7.47. The number of hydrogen-bond acceptors (Lipinski definition) is 5. The SMILES string of the molecule is COc1ccc(Br)cc1C=CC(=O)Nc1ccc(N2CCN(C(=O)c3cccs3)CC2)cc1. The summed E-state index contributed by atoms with van der Waals surface area (Å²) < 4.78 is 6.24. The Morgan fingerprint density at radius 2 is 1.82 bits per heavy atom. The van der Waals surface area contributed by atoms with Crippen molar-refractivity contribution < 1.29 is 14.3 Å². The Morgan fingerprint density at radius 3 is 2.48 bits per heavy atom. The van der Waals surface area contributed by atoms with E-state index in [-0.39, 0.29) is 11.8 Å². The maximum Gasteiger partial charge on any atom is 0.264 e. The zero-order valence-electron chi connectivity index (χ0n) is 18.2. The molecule has 0 bridgehead atoms. The van der Waals surface area contributed by atoms with Gasteiger partial charge in [-0.25, -0.2) is 0 Å². The molecular weight excluding hydrogens is 502 g/mol. The van der Waals surface area contributed by atoms with Crippen molar-refractivity contribution in [2.45, 2.75) is 0 Å². The lowest BCUT2D eigenvalue weighted by atomic mass is 10.2. The molecule has 0 atom stereocenters. The summed E-state index contributed by atoms with van der Waals surface area (Å²) in [7, 11) is 1.60. The molecule has 33 heavy (non-hydrogen) atoms. The number of nitrogens with one attached hydrogen (secondary N) is 1. The van der Waals surface area contributed by atoms with Gasteiger partial charge in [-0.2, -0.15) is 0 Å². The van der Waals surface area contributed by atoms with Crippen LogP contribution >= 0.6 is 27.3 Å². The summed E-state index contributed by atoms with van der Waals surface area (Å²) in [5.41, 5.74) is 2.61. The van der Waals surface area contributed by atoms with E-state index in [0.717, 1.165) is 39.4 Å². The van der Waals surface area contributed by atoms with Crippen LogP contribution in [0.5, 0.6) is 5.75 Å². The van der Waals surface area contributed by atoms with Crippen molar-refractivity contribution in [2.24, 2.45) is 0 Å². The van der Waals surface area contributed by atoms with Gasteiger partial charge in [-0.3, -0.25) is 9.59 Å². The van der Waals surface area contributed by atoms with Gasteiger partial charge >= 0.3 is 0 Å². The summed E-state index contributed by atoms with van der Waals surface area (Å²) in [4.78, 5) is 29.8. The molecule has 4 rings (SSSR count). The van der Waals surface area contributed by atoms with E-state index in [1.165, 1.54) is 17.4 Å². The summed E-state index contributed by atoms with van der Waals surface area (Å²) in [5.74, 6) is 0.588. The number of nitrogens with zero attached hydrogens (tertiary/aromatic N) is 2. The highest BCUT2D eigenvalue weighted by Crippen LogP contribution is 2.24. The first-order valence-electron chi connectivity index (χ1n) is 10.5. The molecule has 0 aliphatic carbocycles. The summed E-state index contributed by atoms with van der Waals surface area (Å²) in [6.45, 7) is 2.94. The minimum atomic E-state index is -0.217. The molecule has 1 N–H and O–H groups in total. The van der Waals surface area contributed by atoms with E-state index in [9.17, 15) is 9.59 Å². The van der Waals surface area contributed by atoms with Crippen molar-refractivity contribution in [2.75, 3.05) is 43.5 Å². The van der Waals surface area contributed by atoms with Gasteiger partial charge in [0, 0.05) is 53.7 Å². The lowest BCUT2D eigenvalue weighted by Gasteiger charge is -2.36. The zero-order chi connectivity index (χ0) is 23.2. The van der Waals surface area contributed by atoms with Crippen molar-refractivity contribution in [3.05, 3.63) is 81.0 Å². The molecule has 1 aromatic heterocycles. The number of ether oxygens (including phenoxy) is 1. The highest BCUT2D eigenvalue weighted by molar-refractivity contribution is 9.10. The first kappa shape index (κ1) is 23.1. The maximum atomic E-state index is 12.5. The number of rotatable bonds is 6. The van der Waals surface area contributed by atoms with Gasteiger partial charge in [-0.1, -0.05) is 22.0 Å². The highest BCUT2D eigenvalue weighted by Gasteiger charge is 2.22. The van der Waals surface area contributed by atoms with Crippen LogP contribution in [0.2, 0.25) is 0 Å². The van der Waals surface area contributed by atoms with Crippen LogP contribution in [0.1, 0.15) is 15.2 Å². The molecule has 1 saturated heterocycles. The summed E-state index contributed by atoms with van der Waals surface area (Å²) >= 11 is 4.91. The fourth-order valence-electron chi connectivity index (χ4n) is 3.66. The fraction of sp³-hybridized carbons (Fsp3) is 0.200. The van der Waals surface area contributed by atoms with Gasteiger partial charge in [0.1, 0.15) is 5.75 Å². The Balaban J connectivity index is 1.31. The number of methoxy groups -OCH3 is 1.